The third kappa shape index (κ3) is 3.33. The molecule has 24 heavy (non-hydrogen) atoms. The summed E-state index contributed by atoms with van der Waals surface area (Å²) < 4.78 is 1.60. The molecule has 0 fully saturated rings. The Morgan fingerprint density at radius 3 is 2.92 bits per heavy atom. The van der Waals surface area contributed by atoms with Crippen LogP contribution in [0.25, 0.3) is 0 Å². The van der Waals surface area contributed by atoms with Crippen LogP contribution in [0.15, 0.2) is 11.4 Å². The molecule has 2 amide bonds. The van der Waals surface area contributed by atoms with Gasteiger partial charge in [-0.1, -0.05) is 13.8 Å². The maximum atomic E-state index is 12.2. The zero-order valence-corrected chi connectivity index (χ0v) is 14.9. The third-order valence-electron chi connectivity index (χ3n) is 3.96. The van der Waals surface area contributed by atoms with Crippen molar-refractivity contribution in [2.45, 2.75) is 32.7 Å². The first-order chi connectivity index (χ1) is 11.5. The van der Waals surface area contributed by atoms with Gasteiger partial charge in [0.2, 0.25) is 0 Å². The zero-order chi connectivity index (χ0) is 17.3. The van der Waals surface area contributed by atoms with E-state index in [2.05, 4.69) is 29.2 Å². The van der Waals surface area contributed by atoms with Gasteiger partial charge in [-0.2, -0.15) is 5.10 Å². The van der Waals surface area contributed by atoms with Crippen molar-refractivity contribution in [1.82, 2.24) is 25.0 Å². The number of fused-ring (bicyclic) bond motifs is 1. The van der Waals surface area contributed by atoms with Crippen molar-refractivity contribution >= 4 is 23.2 Å². The predicted octanol–water partition coefficient (Wildman–Crippen LogP) is 1.52. The van der Waals surface area contributed by atoms with Crippen molar-refractivity contribution in [3.05, 3.63) is 33.5 Å². The van der Waals surface area contributed by atoms with Gasteiger partial charge in [0.05, 0.1) is 17.2 Å². The molecule has 0 saturated heterocycles. The van der Waals surface area contributed by atoms with Crippen LogP contribution in [0, 0.1) is 0 Å². The lowest BCUT2D eigenvalue weighted by molar-refractivity contribution is 0.0742. The SMILES string of the molecule is CC(C)c1nc(CCNC(=O)c2cc3n(n2)CCN(C)C3=O)cs1. The number of nitrogens with one attached hydrogen (secondary N) is 1. The molecule has 0 spiro atoms. The number of rotatable bonds is 5. The summed E-state index contributed by atoms with van der Waals surface area (Å²) in [5.74, 6) is 0.0639. The van der Waals surface area contributed by atoms with Crippen molar-refractivity contribution in [1.29, 1.82) is 0 Å². The molecule has 2 aromatic rings. The number of aromatic nitrogens is 3. The Balaban J connectivity index is 1.57. The van der Waals surface area contributed by atoms with Gasteiger partial charge < -0.3 is 10.2 Å². The molecule has 0 aliphatic carbocycles. The molecular weight excluding hydrogens is 326 g/mol. The third-order valence-corrected chi connectivity index (χ3v) is 5.15. The summed E-state index contributed by atoms with van der Waals surface area (Å²) in [7, 11) is 1.75. The highest BCUT2D eigenvalue weighted by Gasteiger charge is 2.25. The highest BCUT2D eigenvalue weighted by atomic mass is 32.1. The fraction of sp³-hybridized carbons (Fsp3) is 0.500. The molecule has 0 saturated carbocycles. The van der Waals surface area contributed by atoms with Crippen LogP contribution in [0.2, 0.25) is 0 Å². The maximum absolute atomic E-state index is 12.2. The van der Waals surface area contributed by atoms with E-state index in [4.69, 9.17) is 0 Å². The summed E-state index contributed by atoms with van der Waals surface area (Å²) in [6.07, 6.45) is 0.685. The monoisotopic (exact) mass is 347 g/mol. The normalized spacial score (nSPS) is 14.2. The molecule has 7 nitrogen and oxygen atoms in total. The van der Waals surface area contributed by atoms with Crippen LogP contribution in [0.1, 0.15) is 51.4 Å². The van der Waals surface area contributed by atoms with Crippen LogP contribution < -0.4 is 5.32 Å². The Labute approximate surface area is 144 Å². The molecule has 3 rings (SSSR count). The van der Waals surface area contributed by atoms with Gasteiger partial charge in [-0.25, -0.2) is 4.98 Å². The van der Waals surface area contributed by atoms with Gasteiger partial charge in [0.15, 0.2) is 5.69 Å². The van der Waals surface area contributed by atoms with Gasteiger partial charge in [0.25, 0.3) is 11.8 Å². The van der Waals surface area contributed by atoms with Crippen molar-refractivity contribution in [3.8, 4) is 0 Å². The number of carbonyl (C=O) groups is 2. The van der Waals surface area contributed by atoms with Crippen molar-refractivity contribution in [2.75, 3.05) is 20.1 Å². The minimum Gasteiger partial charge on any atom is -0.350 e. The molecule has 0 aromatic carbocycles. The fourth-order valence-corrected chi connectivity index (χ4v) is 3.38. The second kappa shape index (κ2) is 6.72. The van der Waals surface area contributed by atoms with Crippen molar-refractivity contribution < 1.29 is 9.59 Å². The minimum atomic E-state index is -0.258. The van der Waals surface area contributed by atoms with Gasteiger partial charge in [0, 0.05) is 43.9 Å². The highest BCUT2D eigenvalue weighted by Crippen LogP contribution is 2.19. The maximum Gasteiger partial charge on any atom is 0.271 e. The van der Waals surface area contributed by atoms with Gasteiger partial charge >= 0.3 is 0 Å². The molecule has 1 aliphatic heterocycles. The average Bonchev–Trinajstić information content (AvgIpc) is 3.18. The lowest BCUT2D eigenvalue weighted by Gasteiger charge is -2.22. The molecule has 0 bridgehead atoms. The molecule has 1 aliphatic rings. The van der Waals surface area contributed by atoms with Crippen LogP contribution in [0.3, 0.4) is 0 Å². The fourth-order valence-electron chi connectivity index (χ4n) is 2.51. The van der Waals surface area contributed by atoms with E-state index < -0.39 is 0 Å². The number of carbonyl (C=O) groups excluding carboxylic acids is 2. The summed E-state index contributed by atoms with van der Waals surface area (Å²) >= 11 is 1.65. The van der Waals surface area contributed by atoms with E-state index in [1.54, 1.807) is 34.0 Å². The molecule has 0 radical (unpaired) electrons. The van der Waals surface area contributed by atoms with Crippen LogP contribution in [0.5, 0.6) is 0 Å². The first kappa shape index (κ1) is 16.6. The number of nitrogens with zero attached hydrogens (tertiary/aromatic N) is 4. The second-order valence-corrected chi connectivity index (χ2v) is 7.09. The second-order valence-electron chi connectivity index (χ2n) is 6.20. The predicted molar refractivity (Wildman–Crippen MR) is 91.4 cm³/mol. The molecule has 8 heteroatoms. The molecule has 0 unspecified atom stereocenters. The average molecular weight is 347 g/mol. The molecule has 2 aromatic heterocycles. The Hall–Kier alpha value is -2.22. The molecule has 3 heterocycles. The summed E-state index contributed by atoms with van der Waals surface area (Å²) in [4.78, 5) is 30.4. The largest absolute Gasteiger partial charge is 0.350 e. The van der Waals surface area contributed by atoms with E-state index in [9.17, 15) is 9.59 Å². The minimum absolute atomic E-state index is 0.100. The molecule has 128 valence electrons. The Morgan fingerprint density at radius 1 is 1.42 bits per heavy atom. The summed E-state index contributed by atoms with van der Waals surface area (Å²) in [5.41, 5.74) is 1.75. The number of hydrogen-bond donors (Lipinski definition) is 1. The van der Waals surface area contributed by atoms with Crippen molar-refractivity contribution in [2.24, 2.45) is 0 Å². The number of likely N-dealkylation sites (N-methyl/N-ethyl adjacent to an activating group) is 1. The lowest BCUT2D eigenvalue weighted by atomic mass is 10.2. The topological polar surface area (TPSA) is 80.1 Å². The van der Waals surface area contributed by atoms with Crippen LogP contribution in [-0.4, -0.2) is 51.6 Å². The standard InChI is InChI=1S/C16H21N5O2S/c1-10(2)15-18-11(9-24-15)4-5-17-14(22)12-8-13-16(23)20(3)6-7-21(13)19-12/h8-10H,4-7H2,1-3H3,(H,17,22). The lowest BCUT2D eigenvalue weighted by Crippen LogP contribution is -2.37. The van der Waals surface area contributed by atoms with E-state index in [1.807, 2.05) is 5.38 Å². The smallest absolute Gasteiger partial charge is 0.271 e. The molecular formula is C16H21N5O2S. The number of thiazole rings is 1. The van der Waals surface area contributed by atoms with Gasteiger partial charge in [-0.15, -0.1) is 11.3 Å². The van der Waals surface area contributed by atoms with Gasteiger partial charge in [-0.3, -0.25) is 14.3 Å². The Morgan fingerprint density at radius 2 is 2.21 bits per heavy atom. The zero-order valence-electron chi connectivity index (χ0n) is 14.1. The Bertz CT molecular complexity index is 764. The number of hydrogen-bond acceptors (Lipinski definition) is 5. The quantitative estimate of drug-likeness (QED) is 0.889. The first-order valence-electron chi connectivity index (χ1n) is 8.01. The van der Waals surface area contributed by atoms with Crippen LogP contribution in [-0.2, 0) is 13.0 Å². The van der Waals surface area contributed by atoms with Crippen molar-refractivity contribution in [3.63, 3.8) is 0 Å². The highest BCUT2D eigenvalue weighted by molar-refractivity contribution is 7.09. The van der Waals surface area contributed by atoms with E-state index in [0.29, 0.717) is 37.7 Å². The van der Waals surface area contributed by atoms with E-state index in [0.717, 1.165) is 10.7 Å². The van der Waals surface area contributed by atoms with Gasteiger partial charge in [0.1, 0.15) is 5.69 Å². The van der Waals surface area contributed by atoms with E-state index in [1.165, 1.54) is 0 Å². The molecule has 1 N–H and O–H groups in total. The summed E-state index contributed by atoms with van der Waals surface area (Å²) in [5, 5.41) is 10.2. The summed E-state index contributed by atoms with van der Waals surface area (Å²) in [6, 6.07) is 1.56. The van der Waals surface area contributed by atoms with E-state index in [-0.39, 0.29) is 17.5 Å². The van der Waals surface area contributed by atoms with E-state index >= 15 is 0 Å². The Kier molecular flexibility index (Phi) is 4.66. The van der Waals surface area contributed by atoms with Crippen LogP contribution in [0.4, 0.5) is 0 Å². The summed E-state index contributed by atoms with van der Waals surface area (Å²) in [6.45, 7) is 5.95. The molecule has 0 atom stereocenters. The van der Waals surface area contributed by atoms with Crippen LogP contribution >= 0.6 is 11.3 Å². The number of amides is 2. The van der Waals surface area contributed by atoms with Gasteiger partial charge in [-0.05, 0) is 0 Å². The first-order valence-corrected chi connectivity index (χ1v) is 8.89.